The molecule has 8 heteroatoms. The van der Waals surface area contributed by atoms with Gasteiger partial charge in [-0.05, 0) is 26.0 Å². The summed E-state index contributed by atoms with van der Waals surface area (Å²) in [5.74, 6) is 0. The van der Waals surface area contributed by atoms with Crippen LogP contribution < -0.4 is 5.73 Å². The third kappa shape index (κ3) is 2.72. The lowest BCUT2D eigenvalue weighted by Gasteiger charge is -2.13. The molecule has 0 aliphatic heterocycles. The van der Waals surface area contributed by atoms with E-state index in [0.717, 1.165) is 0 Å². The summed E-state index contributed by atoms with van der Waals surface area (Å²) < 4.78 is 1.42. The minimum atomic E-state index is -0.628. The van der Waals surface area contributed by atoms with Crippen LogP contribution in [0.25, 0.3) is 5.69 Å². The summed E-state index contributed by atoms with van der Waals surface area (Å²) in [6, 6.07) is 4.41. The van der Waals surface area contributed by atoms with Crippen molar-refractivity contribution in [1.29, 1.82) is 0 Å². The summed E-state index contributed by atoms with van der Waals surface area (Å²) in [6.45, 7) is 3.59. The molecule has 0 atom stereocenters. The average Bonchev–Trinajstić information content (AvgIpc) is 2.78. The second-order valence-corrected chi connectivity index (χ2v) is 5.07. The molecule has 0 spiro atoms. The standard InChI is InChI=1S/C11H12ClN5O2/c1-11(2,13)10-6-16(15-14-10)7-3-4-8(12)9(5-7)17(18)19/h3-6H,13H2,1-2H3. The van der Waals surface area contributed by atoms with Crippen LogP contribution in [0.15, 0.2) is 24.4 Å². The molecule has 2 aromatic rings. The van der Waals surface area contributed by atoms with Crippen molar-refractivity contribution >= 4 is 17.3 Å². The average molecular weight is 282 g/mol. The first-order valence-corrected chi connectivity index (χ1v) is 5.83. The first kappa shape index (κ1) is 13.4. The van der Waals surface area contributed by atoms with Gasteiger partial charge in [-0.3, -0.25) is 10.1 Å². The topological polar surface area (TPSA) is 99.9 Å². The fourth-order valence-electron chi connectivity index (χ4n) is 1.47. The minimum absolute atomic E-state index is 0.0771. The molecule has 0 unspecified atom stereocenters. The normalized spacial score (nSPS) is 11.6. The maximum absolute atomic E-state index is 10.8. The van der Waals surface area contributed by atoms with Gasteiger partial charge in [0.05, 0.1) is 22.3 Å². The summed E-state index contributed by atoms with van der Waals surface area (Å²) in [6.07, 6.45) is 1.63. The Morgan fingerprint density at radius 1 is 1.47 bits per heavy atom. The van der Waals surface area contributed by atoms with Crippen molar-refractivity contribution in [3.05, 3.63) is 45.2 Å². The minimum Gasteiger partial charge on any atom is -0.320 e. The highest BCUT2D eigenvalue weighted by atomic mass is 35.5. The van der Waals surface area contributed by atoms with Crippen LogP contribution in [0.5, 0.6) is 0 Å². The highest BCUT2D eigenvalue weighted by Gasteiger charge is 2.20. The van der Waals surface area contributed by atoms with Crippen LogP contribution in [0.4, 0.5) is 5.69 Å². The number of rotatable bonds is 3. The van der Waals surface area contributed by atoms with Crippen molar-refractivity contribution in [2.24, 2.45) is 5.73 Å². The van der Waals surface area contributed by atoms with Gasteiger partial charge in [-0.2, -0.15) is 0 Å². The maximum Gasteiger partial charge on any atom is 0.290 e. The van der Waals surface area contributed by atoms with E-state index in [1.165, 1.54) is 16.8 Å². The number of hydrogen-bond donors (Lipinski definition) is 1. The SMILES string of the molecule is CC(C)(N)c1cn(-c2ccc(Cl)c([N+](=O)[O-])c2)nn1. The van der Waals surface area contributed by atoms with Crippen LogP contribution in [0.3, 0.4) is 0 Å². The fraction of sp³-hybridized carbons (Fsp3) is 0.273. The van der Waals surface area contributed by atoms with Crippen molar-refractivity contribution in [2.45, 2.75) is 19.4 Å². The van der Waals surface area contributed by atoms with Crippen molar-refractivity contribution < 1.29 is 4.92 Å². The molecule has 2 rings (SSSR count). The van der Waals surface area contributed by atoms with Crippen molar-refractivity contribution in [3.8, 4) is 5.69 Å². The molecule has 1 aromatic carbocycles. The third-order valence-electron chi connectivity index (χ3n) is 2.54. The maximum atomic E-state index is 10.8. The quantitative estimate of drug-likeness (QED) is 0.685. The van der Waals surface area contributed by atoms with Crippen LogP contribution in [0, 0.1) is 10.1 Å². The Bertz CT molecular complexity index is 632. The van der Waals surface area contributed by atoms with Gasteiger partial charge < -0.3 is 5.73 Å². The zero-order valence-corrected chi connectivity index (χ0v) is 11.1. The zero-order valence-electron chi connectivity index (χ0n) is 10.4. The monoisotopic (exact) mass is 281 g/mol. The van der Waals surface area contributed by atoms with Gasteiger partial charge in [0.15, 0.2) is 0 Å². The summed E-state index contributed by atoms with van der Waals surface area (Å²) >= 11 is 5.75. The molecule has 0 aliphatic carbocycles. The van der Waals surface area contributed by atoms with Crippen molar-refractivity contribution in [1.82, 2.24) is 15.0 Å². The number of nitrogens with zero attached hydrogens (tertiary/aromatic N) is 4. The van der Waals surface area contributed by atoms with Crippen LogP contribution in [-0.2, 0) is 5.54 Å². The Labute approximate surface area is 114 Å². The molecule has 19 heavy (non-hydrogen) atoms. The van der Waals surface area contributed by atoms with Gasteiger partial charge in [-0.15, -0.1) is 5.10 Å². The largest absolute Gasteiger partial charge is 0.320 e. The molecule has 0 fully saturated rings. The number of nitro groups is 1. The Hall–Kier alpha value is -1.99. The van der Waals surface area contributed by atoms with Gasteiger partial charge in [0, 0.05) is 6.07 Å². The van der Waals surface area contributed by atoms with Gasteiger partial charge in [0.1, 0.15) is 10.7 Å². The first-order valence-electron chi connectivity index (χ1n) is 5.45. The molecule has 0 bridgehead atoms. The van der Waals surface area contributed by atoms with E-state index in [2.05, 4.69) is 10.3 Å². The van der Waals surface area contributed by atoms with Crippen molar-refractivity contribution in [3.63, 3.8) is 0 Å². The summed E-state index contributed by atoms with van der Waals surface area (Å²) in [5.41, 5.74) is 6.19. The molecule has 7 nitrogen and oxygen atoms in total. The predicted octanol–water partition coefficient (Wildman–Crippen LogP) is 2.02. The Morgan fingerprint density at radius 3 is 2.68 bits per heavy atom. The molecule has 0 radical (unpaired) electrons. The Balaban J connectivity index is 2.45. The van der Waals surface area contributed by atoms with E-state index in [9.17, 15) is 10.1 Å². The second kappa shape index (κ2) is 4.60. The lowest BCUT2D eigenvalue weighted by Crippen LogP contribution is -2.29. The third-order valence-corrected chi connectivity index (χ3v) is 2.86. The zero-order chi connectivity index (χ0) is 14.2. The molecular formula is C11H12ClN5O2. The molecule has 0 aliphatic rings. The number of nitrogens with two attached hydrogens (primary N) is 1. The van der Waals surface area contributed by atoms with E-state index in [0.29, 0.717) is 11.4 Å². The lowest BCUT2D eigenvalue weighted by molar-refractivity contribution is -0.384. The van der Waals surface area contributed by atoms with Gasteiger partial charge in [0.25, 0.3) is 5.69 Å². The predicted molar refractivity (Wildman–Crippen MR) is 70.2 cm³/mol. The number of aromatic nitrogens is 3. The molecular weight excluding hydrogens is 270 g/mol. The molecule has 0 saturated heterocycles. The summed E-state index contributed by atoms with van der Waals surface area (Å²) in [5, 5.41) is 18.8. The highest BCUT2D eigenvalue weighted by Crippen LogP contribution is 2.26. The molecule has 1 heterocycles. The van der Waals surface area contributed by atoms with Crippen LogP contribution in [0.2, 0.25) is 5.02 Å². The van der Waals surface area contributed by atoms with E-state index >= 15 is 0 Å². The van der Waals surface area contributed by atoms with E-state index in [1.54, 1.807) is 26.1 Å². The van der Waals surface area contributed by atoms with Gasteiger partial charge in [-0.1, -0.05) is 16.8 Å². The van der Waals surface area contributed by atoms with E-state index in [1.807, 2.05) is 0 Å². The number of halogens is 1. The number of benzene rings is 1. The molecule has 1 aromatic heterocycles. The second-order valence-electron chi connectivity index (χ2n) is 4.66. The molecule has 100 valence electrons. The summed E-state index contributed by atoms with van der Waals surface area (Å²) in [4.78, 5) is 10.3. The van der Waals surface area contributed by atoms with Gasteiger partial charge in [0.2, 0.25) is 0 Å². The molecule has 2 N–H and O–H groups in total. The fourth-order valence-corrected chi connectivity index (χ4v) is 1.66. The van der Waals surface area contributed by atoms with E-state index < -0.39 is 10.5 Å². The van der Waals surface area contributed by atoms with Gasteiger partial charge >= 0.3 is 0 Å². The van der Waals surface area contributed by atoms with E-state index in [4.69, 9.17) is 17.3 Å². The Morgan fingerprint density at radius 2 is 2.16 bits per heavy atom. The molecule has 0 amide bonds. The smallest absolute Gasteiger partial charge is 0.290 e. The molecule has 0 saturated carbocycles. The van der Waals surface area contributed by atoms with Crippen molar-refractivity contribution in [2.75, 3.05) is 0 Å². The Kier molecular flexibility index (Phi) is 3.25. The summed E-state index contributed by atoms with van der Waals surface area (Å²) in [7, 11) is 0. The lowest BCUT2D eigenvalue weighted by atomic mass is 10.0. The highest BCUT2D eigenvalue weighted by molar-refractivity contribution is 6.32. The van der Waals surface area contributed by atoms with Gasteiger partial charge in [-0.25, -0.2) is 4.68 Å². The van der Waals surface area contributed by atoms with Crippen LogP contribution in [0.1, 0.15) is 19.5 Å². The number of nitro benzene ring substituents is 1. The van der Waals surface area contributed by atoms with E-state index in [-0.39, 0.29) is 10.7 Å². The first-order chi connectivity index (χ1) is 8.79. The van der Waals surface area contributed by atoms with Crippen LogP contribution >= 0.6 is 11.6 Å². The van der Waals surface area contributed by atoms with Crippen LogP contribution in [-0.4, -0.2) is 19.9 Å². The number of hydrogen-bond acceptors (Lipinski definition) is 5.